The number of carbonyl (C=O) groups is 3. The van der Waals surface area contributed by atoms with Gasteiger partial charge in [-0.05, 0) is 42.5 Å². The molecule has 0 atom stereocenters. The Morgan fingerprint density at radius 2 is 1.71 bits per heavy atom. The van der Waals surface area contributed by atoms with Crippen LogP contribution in [0.2, 0.25) is 0 Å². The van der Waals surface area contributed by atoms with Gasteiger partial charge in [-0.3, -0.25) is 14.4 Å². The van der Waals surface area contributed by atoms with Crippen LogP contribution < -0.4 is 14.8 Å². The van der Waals surface area contributed by atoms with E-state index in [9.17, 15) is 14.4 Å². The monoisotopic (exact) mass is 473 g/mol. The van der Waals surface area contributed by atoms with Gasteiger partial charge in [0, 0.05) is 37.3 Å². The summed E-state index contributed by atoms with van der Waals surface area (Å²) in [7, 11) is 1.56. The molecule has 0 radical (unpaired) electrons. The first-order valence-corrected chi connectivity index (χ1v) is 11.1. The molecule has 178 valence electrons. The van der Waals surface area contributed by atoms with Crippen molar-refractivity contribution in [2.45, 2.75) is 0 Å². The third-order valence-corrected chi connectivity index (χ3v) is 5.93. The molecule has 2 aliphatic heterocycles. The van der Waals surface area contributed by atoms with Crippen molar-refractivity contribution in [1.82, 2.24) is 9.80 Å². The Bertz CT molecular complexity index is 1310. The third kappa shape index (κ3) is 4.48. The van der Waals surface area contributed by atoms with Crippen LogP contribution in [0.1, 0.15) is 26.5 Å². The number of hydrogen-bond donors (Lipinski definition) is 1. The third-order valence-electron chi connectivity index (χ3n) is 5.93. The number of para-hydroxylation sites is 1. The van der Waals surface area contributed by atoms with E-state index in [-0.39, 0.29) is 23.3 Å². The van der Waals surface area contributed by atoms with Gasteiger partial charge in [0.2, 0.25) is 0 Å². The smallest absolute Gasteiger partial charge is 0.291 e. The molecule has 1 aromatic heterocycles. The minimum absolute atomic E-state index is 0.124. The van der Waals surface area contributed by atoms with E-state index in [1.54, 1.807) is 59.4 Å². The number of nitrogens with one attached hydrogen (secondary N) is 1. The number of furan rings is 1. The molecule has 1 N–H and O–H groups in total. The molecule has 9 heteroatoms. The second-order valence-corrected chi connectivity index (χ2v) is 8.08. The largest absolute Gasteiger partial charge is 0.496 e. The lowest BCUT2D eigenvalue weighted by Gasteiger charge is -2.34. The second kappa shape index (κ2) is 9.38. The Morgan fingerprint density at radius 1 is 0.971 bits per heavy atom. The molecular formula is C26H23N3O6. The Kier molecular flexibility index (Phi) is 5.97. The summed E-state index contributed by atoms with van der Waals surface area (Å²) in [6.45, 7) is 1.62. The molecule has 35 heavy (non-hydrogen) atoms. The summed E-state index contributed by atoms with van der Waals surface area (Å²) in [6.07, 6.45) is 3.07. The molecular weight excluding hydrogens is 450 g/mol. The predicted molar refractivity (Wildman–Crippen MR) is 127 cm³/mol. The number of benzene rings is 2. The summed E-state index contributed by atoms with van der Waals surface area (Å²) >= 11 is 0. The van der Waals surface area contributed by atoms with E-state index in [1.807, 2.05) is 18.2 Å². The highest BCUT2D eigenvalue weighted by Gasteiger charge is 2.28. The average molecular weight is 473 g/mol. The van der Waals surface area contributed by atoms with Gasteiger partial charge >= 0.3 is 0 Å². The van der Waals surface area contributed by atoms with Crippen LogP contribution in [0, 0.1) is 0 Å². The summed E-state index contributed by atoms with van der Waals surface area (Å²) < 4.78 is 16.3. The van der Waals surface area contributed by atoms with Crippen LogP contribution in [0.15, 0.2) is 71.0 Å². The molecule has 3 amide bonds. The van der Waals surface area contributed by atoms with Gasteiger partial charge < -0.3 is 29.0 Å². The molecule has 0 saturated carbocycles. The molecule has 1 fully saturated rings. The van der Waals surface area contributed by atoms with Gasteiger partial charge in [-0.25, -0.2) is 0 Å². The zero-order valence-corrected chi connectivity index (χ0v) is 19.0. The highest BCUT2D eigenvalue weighted by atomic mass is 16.5. The quantitative estimate of drug-likeness (QED) is 0.584. The molecule has 0 bridgehead atoms. The minimum atomic E-state index is -0.418. The molecule has 0 unspecified atom stereocenters. The lowest BCUT2D eigenvalue weighted by atomic mass is 10.1. The molecule has 1 saturated heterocycles. The van der Waals surface area contributed by atoms with Gasteiger partial charge in [0.05, 0.1) is 19.1 Å². The number of anilines is 1. The minimum Gasteiger partial charge on any atom is -0.496 e. The molecule has 9 nitrogen and oxygen atoms in total. The van der Waals surface area contributed by atoms with Crippen LogP contribution >= 0.6 is 0 Å². The molecule has 3 aromatic rings. The maximum atomic E-state index is 13.1. The van der Waals surface area contributed by atoms with Gasteiger partial charge in [-0.15, -0.1) is 0 Å². The number of fused-ring (bicyclic) bond motifs is 1. The summed E-state index contributed by atoms with van der Waals surface area (Å²) in [6, 6.07) is 15.5. The summed E-state index contributed by atoms with van der Waals surface area (Å²) in [5, 5.41) is 2.80. The van der Waals surface area contributed by atoms with E-state index in [1.165, 1.54) is 6.26 Å². The Balaban J connectivity index is 1.27. The van der Waals surface area contributed by atoms with E-state index < -0.39 is 5.91 Å². The van der Waals surface area contributed by atoms with Gasteiger partial charge in [-0.2, -0.15) is 0 Å². The maximum absolute atomic E-state index is 13.1. The second-order valence-electron chi connectivity index (χ2n) is 8.08. The Hall–Kier alpha value is -4.53. The number of methoxy groups -OCH3 is 1. The number of rotatable bonds is 4. The number of piperazine rings is 1. The van der Waals surface area contributed by atoms with Gasteiger partial charge in [0.25, 0.3) is 17.7 Å². The van der Waals surface area contributed by atoms with Crippen LogP contribution in [0.25, 0.3) is 6.08 Å². The summed E-state index contributed by atoms with van der Waals surface area (Å²) in [4.78, 5) is 41.5. The highest BCUT2D eigenvalue weighted by Crippen LogP contribution is 2.33. The Labute approximate surface area is 201 Å². The molecule has 3 heterocycles. The van der Waals surface area contributed by atoms with Gasteiger partial charge in [0.1, 0.15) is 5.75 Å². The van der Waals surface area contributed by atoms with Crippen LogP contribution in [0.4, 0.5) is 5.69 Å². The maximum Gasteiger partial charge on any atom is 0.291 e. The van der Waals surface area contributed by atoms with Crippen molar-refractivity contribution in [3.63, 3.8) is 0 Å². The van der Waals surface area contributed by atoms with E-state index in [0.717, 1.165) is 0 Å². The van der Waals surface area contributed by atoms with Gasteiger partial charge in [-0.1, -0.05) is 18.2 Å². The van der Waals surface area contributed by atoms with Crippen LogP contribution in [0.3, 0.4) is 0 Å². The fraction of sp³-hybridized carbons (Fsp3) is 0.192. The van der Waals surface area contributed by atoms with Crippen molar-refractivity contribution in [3.05, 3.63) is 83.5 Å². The van der Waals surface area contributed by atoms with Crippen molar-refractivity contribution in [1.29, 1.82) is 0 Å². The molecule has 5 rings (SSSR count). The fourth-order valence-corrected chi connectivity index (χ4v) is 4.07. The zero-order chi connectivity index (χ0) is 24.4. The lowest BCUT2D eigenvalue weighted by Crippen LogP contribution is -2.50. The molecule has 2 aliphatic rings. The lowest BCUT2D eigenvalue weighted by molar-refractivity contribution is -0.115. The fourth-order valence-electron chi connectivity index (χ4n) is 4.07. The van der Waals surface area contributed by atoms with E-state index in [0.29, 0.717) is 54.5 Å². The summed E-state index contributed by atoms with van der Waals surface area (Å²) in [5.41, 5.74) is 1.56. The molecule has 0 spiro atoms. The van der Waals surface area contributed by atoms with Crippen molar-refractivity contribution in [2.24, 2.45) is 0 Å². The van der Waals surface area contributed by atoms with Crippen molar-refractivity contribution >= 4 is 29.5 Å². The van der Waals surface area contributed by atoms with E-state index >= 15 is 0 Å². The Morgan fingerprint density at radius 3 is 2.43 bits per heavy atom. The molecule has 0 aliphatic carbocycles. The van der Waals surface area contributed by atoms with Crippen LogP contribution in [-0.4, -0.2) is 60.8 Å². The highest BCUT2D eigenvalue weighted by molar-refractivity contribution is 6.09. The number of amides is 3. The topological polar surface area (TPSA) is 101 Å². The van der Waals surface area contributed by atoms with Crippen molar-refractivity contribution in [3.8, 4) is 11.5 Å². The number of hydrogen-bond acceptors (Lipinski definition) is 6. The first-order chi connectivity index (χ1) is 17.0. The van der Waals surface area contributed by atoms with Crippen molar-refractivity contribution < 1.29 is 28.3 Å². The van der Waals surface area contributed by atoms with E-state index in [2.05, 4.69) is 5.32 Å². The number of nitrogens with zero attached hydrogens (tertiary/aromatic N) is 2. The standard InChI is InChI=1S/C26H23N3O6/c1-33-20-6-3-2-5-17(20)16-23-24(30)27-19-15-18(8-9-21(19)35-23)25(31)28-10-12-29(13-11-28)26(32)22-7-4-14-34-22/h2-9,14-16H,10-13H2,1H3,(H,27,30)/b23-16+. The first kappa shape index (κ1) is 22.3. The number of ether oxygens (including phenoxy) is 2. The summed E-state index contributed by atoms with van der Waals surface area (Å²) in [5.74, 6) is 0.686. The predicted octanol–water partition coefficient (Wildman–Crippen LogP) is 3.26. The SMILES string of the molecule is COc1ccccc1/C=C1/Oc2ccc(C(=O)N3CCN(C(=O)c4ccco4)CC3)cc2NC1=O. The van der Waals surface area contributed by atoms with E-state index in [4.69, 9.17) is 13.9 Å². The first-order valence-electron chi connectivity index (χ1n) is 11.1. The molecule has 2 aromatic carbocycles. The normalized spacial score (nSPS) is 16.4. The van der Waals surface area contributed by atoms with Gasteiger partial charge in [0.15, 0.2) is 17.3 Å². The van der Waals surface area contributed by atoms with Crippen LogP contribution in [-0.2, 0) is 4.79 Å². The number of carbonyl (C=O) groups excluding carboxylic acids is 3. The average Bonchev–Trinajstić information content (AvgIpc) is 3.43. The van der Waals surface area contributed by atoms with Crippen molar-refractivity contribution in [2.75, 3.05) is 38.6 Å². The van der Waals surface area contributed by atoms with Crippen LogP contribution in [0.5, 0.6) is 11.5 Å². The zero-order valence-electron chi connectivity index (χ0n) is 19.0.